The quantitative estimate of drug-likeness (QED) is 0.428. The summed E-state index contributed by atoms with van der Waals surface area (Å²) in [5, 5.41) is 9.82. The van der Waals surface area contributed by atoms with E-state index in [0.717, 1.165) is 0 Å². The van der Waals surface area contributed by atoms with Crippen molar-refractivity contribution in [3.63, 3.8) is 0 Å². The molecule has 1 amide bonds. The molecule has 1 N–H and O–H groups in total. The van der Waals surface area contributed by atoms with Crippen LogP contribution >= 0.6 is 0 Å². The van der Waals surface area contributed by atoms with E-state index in [9.17, 15) is 14.8 Å². The van der Waals surface area contributed by atoms with Crippen molar-refractivity contribution in [1.82, 2.24) is 5.06 Å². The molecule has 0 bridgehead atoms. The number of Topliss-reactive ketones (excluding diaryl/α,β-unsaturated/α-hetero) is 1. The molecule has 12 heavy (non-hydrogen) atoms. The molecule has 0 radical (unpaired) electrons. The summed E-state index contributed by atoms with van der Waals surface area (Å²) in [5.41, 5.74) is -2.17. The Labute approximate surface area is 71.1 Å². The maximum Gasteiger partial charge on any atom is 0.260 e. The molecule has 0 aliphatic carbocycles. The van der Waals surface area contributed by atoms with Gasteiger partial charge in [-0.3, -0.25) is 14.8 Å². The van der Waals surface area contributed by atoms with Crippen LogP contribution in [-0.2, 0) is 9.59 Å². The largest absolute Gasteiger partial charge is 0.296 e. The average Bonchev–Trinajstić information content (AvgIpc) is 2.06. The summed E-state index contributed by atoms with van der Waals surface area (Å²) >= 11 is 0. The SMILES string of the molecule is CC1(C)C(=O)N(O)C(C)(C)C1=O. The number of hydroxylamine groups is 2. The molecule has 1 aliphatic heterocycles. The van der Waals surface area contributed by atoms with Crippen LogP contribution in [-0.4, -0.2) is 27.5 Å². The van der Waals surface area contributed by atoms with Gasteiger partial charge in [0.15, 0.2) is 5.78 Å². The fourth-order valence-electron chi connectivity index (χ4n) is 1.48. The van der Waals surface area contributed by atoms with E-state index in [-0.39, 0.29) is 5.78 Å². The Morgan fingerprint density at radius 2 is 1.58 bits per heavy atom. The van der Waals surface area contributed by atoms with Gasteiger partial charge in [0, 0.05) is 0 Å². The van der Waals surface area contributed by atoms with Crippen molar-refractivity contribution in [2.75, 3.05) is 0 Å². The minimum absolute atomic E-state index is 0.248. The molecule has 68 valence electrons. The van der Waals surface area contributed by atoms with Gasteiger partial charge in [0.25, 0.3) is 5.91 Å². The lowest BCUT2D eigenvalue weighted by atomic mass is 9.84. The van der Waals surface area contributed by atoms with Crippen LogP contribution < -0.4 is 0 Å². The molecule has 1 saturated heterocycles. The first-order valence-electron chi connectivity index (χ1n) is 3.81. The maximum atomic E-state index is 11.5. The first-order valence-corrected chi connectivity index (χ1v) is 3.81. The molecule has 4 heteroatoms. The molecule has 0 aromatic heterocycles. The fraction of sp³-hybridized carbons (Fsp3) is 0.750. The Morgan fingerprint density at radius 1 is 1.17 bits per heavy atom. The van der Waals surface area contributed by atoms with Crippen LogP contribution in [0.1, 0.15) is 27.7 Å². The molecule has 1 aliphatic rings. The Morgan fingerprint density at radius 3 is 1.67 bits per heavy atom. The first kappa shape index (κ1) is 9.19. The Bertz CT molecular complexity index is 255. The number of rotatable bonds is 0. The van der Waals surface area contributed by atoms with Gasteiger partial charge in [0.05, 0.1) is 0 Å². The summed E-state index contributed by atoms with van der Waals surface area (Å²) < 4.78 is 0. The summed E-state index contributed by atoms with van der Waals surface area (Å²) in [4.78, 5) is 22.9. The summed E-state index contributed by atoms with van der Waals surface area (Å²) in [6.07, 6.45) is 0. The predicted molar refractivity (Wildman–Crippen MR) is 41.5 cm³/mol. The number of ketones is 1. The van der Waals surface area contributed by atoms with Gasteiger partial charge in [-0.1, -0.05) is 0 Å². The van der Waals surface area contributed by atoms with Gasteiger partial charge in [-0.05, 0) is 27.7 Å². The second kappa shape index (κ2) is 2.07. The van der Waals surface area contributed by atoms with Gasteiger partial charge in [0.1, 0.15) is 11.0 Å². The number of carbonyl (C=O) groups excluding carboxylic acids is 2. The summed E-state index contributed by atoms with van der Waals surface area (Å²) in [6.45, 7) is 6.11. The van der Waals surface area contributed by atoms with E-state index in [1.165, 1.54) is 27.7 Å². The van der Waals surface area contributed by atoms with Gasteiger partial charge in [-0.15, -0.1) is 0 Å². The first-order chi connectivity index (χ1) is 5.22. The molecular weight excluding hydrogens is 158 g/mol. The zero-order valence-electron chi connectivity index (χ0n) is 7.71. The third-order valence-corrected chi connectivity index (χ3v) is 2.38. The van der Waals surface area contributed by atoms with Gasteiger partial charge in [0.2, 0.25) is 0 Å². The lowest BCUT2D eigenvalue weighted by Crippen LogP contribution is -2.42. The predicted octanol–water partition coefficient (Wildman–Crippen LogP) is 0.592. The van der Waals surface area contributed by atoms with E-state index in [1.54, 1.807) is 0 Å². The normalized spacial score (nSPS) is 26.6. The van der Waals surface area contributed by atoms with Crippen molar-refractivity contribution in [2.45, 2.75) is 33.2 Å². The van der Waals surface area contributed by atoms with E-state index in [4.69, 9.17) is 0 Å². The monoisotopic (exact) mass is 171 g/mol. The highest BCUT2D eigenvalue weighted by Crippen LogP contribution is 2.36. The van der Waals surface area contributed by atoms with Crippen molar-refractivity contribution >= 4 is 11.7 Å². The third kappa shape index (κ3) is 0.813. The van der Waals surface area contributed by atoms with Crippen LogP contribution in [0.4, 0.5) is 0 Å². The molecule has 0 aromatic rings. The van der Waals surface area contributed by atoms with E-state index in [0.29, 0.717) is 5.06 Å². The van der Waals surface area contributed by atoms with E-state index in [2.05, 4.69) is 0 Å². The van der Waals surface area contributed by atoms with Crippen LogP contribution in [0.15, 0.2) is 0 Å². The highest BCUT2D eigenvalue weighted by molar-refractivity contribution is 6.15. The summed E-state index contributed by atoms with van der Waals surface area (Å²) in [6, 6.07) is 0. The van der Waals surface area contributed by atoms with Crippen molar-refractivity contribution in [3.8, 4) is 0 Å². The van der Waals surface area contributed by atoms with Crippen LogP contribution in [0.25, 0.3) is 0 Å². The van der Waals surface area contributed by atoms with Gasteiger partial charge in [-0.25, -0.2) is 5.06 Å². The highest BCUT2D eigenvalue weighted by Gasteiger charge is 2.57. The van der Waals surface area contributed by atoms with Crippen molar-refractivity contribution < 1.29 is 14.8 Å². The van der Waals surface area contributed by atoms with Gasteiger partial charge < -0.3 is 0 Å². The second-order valence-corrected chi connectivity index (χ2v) is 4.13. The lowest BCUT2D eigenvalue weighted by Gasteiger charge is -2.22. The van der Waals surface area contributed by atoms with Crippen LogP contribution in [0.3, 0.4) is 0 Å². The van der Waals surface area contributed by atoms with Crippen molar-refractivity contribution in [1.29, 1.82) is 0 Å². The average molecular weight is 171 g/mol. The third-order valence-electron chi connectivity index (χ3n) is 2.38. The Hall–Kier alpha value is -0.900. The molecule has 0 unspecified atom stereocenters. The van der Waals surface area contributed by atoms with Crippen LogP contribution in [0, 0.1) is 5.41 Å². The second-order valence-electron chi connectivity index (χ2n) is 4.13. The fourth-order valence-corrected chi connectivity index (χ4v) is 1.48. The number of carbonyl (C=O) groups is 2. The molecule has 0 aromatic carbocycles. The minimum atomic E-state index is -1.09. The Balaban J connectivity index is 3.21. The summed E-state index contributed by atoms with van der Waals surface area (Å²) in [7, 11) is 0. The van der Waals surface area contributed by atoms with Gasteiger partial charge >= 0.3 is 0 Å². The zero-order chi connectivity index (χ0) is 9.73. The molecule has 1 rings (SSSR count). The molecule has 1 fully saturated rings. The maximum absolute atomic E-state index is 11.5. The van der Waals surface area contributed by atoms with Crippen LogP contribution in [0.5, 0.6) is 0 Å². The van der Waals surface area contributed by atoms with Crippen LogP contribution in [0.2, 0.25) is 0 Å². The van der Waals surface area contributed by atoms with E-state index < -0.39 is 16.9 Å². The summed E-state index contributed by atoms with van der Waals surface area (Å²) in [5.74, 6) is -0.778. The molecule has 4 nitrogen and oxygen atoms in total. The lowest BCUT2D eigenvalue weighted by molar-refractivity contribution is -0.179. The van der Waals surface area contributed by atoms with E-state index >= 15 is 0 Å². The minimum Gasteiger partial charge on any atom is -0.296 e. The smallest absolute Gasteiger partial charge is 0.260 e. The number of hydrogen-bond acceptors (Lipinski definition) is 3. The Kier molecular flexibility index (Phi) is 1.59. The number of nitrogens with zero attached hydrogens (tertiary/aromatic N) is 1. The molecular formula is C8H13NO3. The zero-order valence-corrected chi connectivity index (χ0v) is 7.71. The van der Waals surface area contributed by atoms with Gasteiger partial charge in [-0.2, -0.15) is 0 Å². The van der Waals surface area contributed by atoms with Crippen molar-refractivity contribution in [2.24, 2.45) is 5.41 Å². The molecule has 0 spiro atoms. The van der Waals surface area contributed by atoms with Crippen molar-refractivity contribution in [3.05, 3.63) is 0 Å². The number of amides is 1. The van der Waals surface area contributed by atoms with E-state index in [1.807, 2.05) is 0 Å². The molecule has 0 atom stereocenters. The topological polar surface area (TPSA) is 57.6 Å². The highest BCUT2D eigenvalue weighted by atomic mass is 16.5. The molecule has 0 saturated carbocycles. The number of hydrogen-bond donors (Lipinski definition) is 1. The molecule has 1 heterocycles. The standard InChI is InChI=1S/C8H13NO3/c1-7(2)5(10)8(3,4)9(12)6(7)11/h12H,1-4H3.